The molecule has 18 heavy (non-hydrogen) atoms. The first kappa shape index (κ1) is 14.5. The number of hydrogen-bond donors (Lipinski definition) is 3. The van der Waals surface area contributed by atoms with Crippen molar-refractivity contribution in [2.75, 3.05) is 12.8 Å². The Morgan fingerprint density at radius 1 is 1.56 bits per heavy atom. The van der Waals surface area contributed by atoms with E-state index in [0.29, 0.717) is 11.4 Å². The van der Waals surface area contributed by atoms with E-state index in [2.05, 4.69) is 15.6 Å². The molecule has 0 atom stereocenters. The first-order valence-electron chi connectivity index (χ1n) is 5.34. The average molecular weight is 272 g/mol. The number of carbonyl (C=O) groups is 2. The number of nitrogens with zero attached hydrogens (tertiary/aromatic N) is 2. The maximum Gasteiger partial charge on any atom is 0.321 e. The Morgan fingerprint density at radius 3 is 2.83 bits per heavy atom. The molecule has 1 rings (SSSR count). The molecule has 0 spiro atoms. The van der Waals surface area contributed by atoms with Gasteiger partial charge < -0.3 is 15.0 Å². The second-order valence-corrected chi connectivity index (χ2v) is 4.54. The van der Waals surface area contributed by atoms with Crippen LogP contribution in [-0.4, -0.2) is 39.4 Å². The molecular formula is C10H16N4O3S. The van der Waals surface area contributed by atoms with E-state index in [1.165, 1.54) is 18.8 Å². The van der Waals surface area contributed by atoms with Crippen molar-refractivity contribution in [2.45, 2.75) is 18.2 Å². The molecule has 1 aromatic heterocycles. The van der Waals surface area contributed by atoms with E-state index in [9.17, 15) is 9.59 Å². The molecule has 3 amide bonds. The minimum absolute atomic E-state index is 0.0682. The third-order valence-electron chi connectivity index (χ3n) is 2.24. The lowest BCUT2D eigenvalue weighted by Gasteiger charge is -2.04. The van der Waals surface area contributed by atoms with E-state index in [1.807, 2.05) is 0 Å². The van der Waals surface area contributed by atoms with Gasteiger partial charge in [-0.15, -0.1) is 0 Å². The number of thioether (sulfide) groups is 1. The van der Waals surface area contributed by atoms with Crippen molar-refractivity contribution in [2.24, 2.45) is 7.05 Å². The Hall–Kier alpha value is -1.54. The molecule has 7 nitrogen and oxygen atoms in total. The Labute approximate surface area is 109 Å². The largest absolute Gasteiger partial charge is 0.390 e. The third kappa shape index (κ3) is 4.04. The number of carbonyl (C=O) groups excluding carboxylic acids is 2. The van der Waals surface area contributed by atoms with E-state index in [4.69, 9.17) is 5.11 Å². The molecule has 0 radical (unpaired) electrons. The van der Waals surface area contributed by atoms with Gasteiger partial charge in [-0.25, -0.2) is 9.78 Å². The van der Waals surface area contributed by atoms with Gasteiger partial charge in [-0.2, -0.15) is 0 Å². The summed E-state index contributed by atoms with van der Waals surface area (Å²) in [5.41, 5.74) is 0.715. The summed E-state index contributed by atoms with van der Waals surface area (Å²) in [6.07, 6.45) is 1.81. The second kappa shape index (κ2) is 7.02. The van der Waals surface area contributed by atoms with Gasteiger partial charge in [-0.3, -0.25) is 10.1 Å². The van der Waals surface area contributed by atoms with Crippen LogP contribution >= 0.6 is 11.8 Å². The standard InChI is InChI=1S/C10H16N4O3S/c1-11-9(17)13-8(16)3-4-18-10-12-5-7(6-15)14(10)2/h5,15H,3-4,6H2,1-2H3,(H2,11,13,16,17). The van der Waals surface area contributed by atoms with Gasteiger partial charge in [0, 0.05) is 26.3 Å². The van der Waals surface area contributed by atoms with Gasteiger partial charge >= 0.3 is 6.03 Å². The number of imide groups is 1. The van der Waals surface area contributed by atoms with Crippen LogP contribution in [0.15, 0.2) is 11.4 Å². The van der Waals surface area contributed by atoms with Gasteiger partial charge in [-0.1, -0.05) is 11.8 Å². The molecule has 1 heterocycles. The Kier molecular flexibility index (Phi) is 5.66. The van der Waals surface area contributed by atoms with Crippen LogP contribution < -0.4 is 10.6 Å². The van der Waals surface area contributed by atoms with Gasteiger partial charge in [0.2, 0.25) is 5.91 Å². The maximum absolute atomic E-state index is 11.3. The topological polar surface area (TPSA) is 96.2 Å². The number of rotatable bonds is 5. The molecule has 0 aromatic carbocycles. The predicted octanol–water partition coefficient (Wildman–Crippen LogP) is -0.150. The van der Waals surface area contributed by atoms with Crippen LogP contribution in [0.5, 0.6) is 0 Å². The van der Waals surface area contributed by atoms with Crippen molar-refractivity contribution >= 4 is 23.7 Å². The fourth-order valence-corrected chi connectivity index (χ4v) is 2.10. The SMILES string of the molecule is CNC(=O)NC(=O)CCSc1ncc(CO)n1C. The molecule has 0 saturated carbocycles. The van der Waals surface area contributed by atoms with Crippen molar-refractivity contribution in [3.05, 3.63) is 11.9 Å². The van der Waals surface area contributed by atoms with Crippen molar-refractivity contribution < 1.29 is 14.7 Å². The number of imidazole rings is 1. The molecule has 0 unspecified atom stereocenters. The summed E-state index contributed by atoms with van der Waals surface area (Å²) in [6.45, 7) is -0.0682. The summed E-state index contributed by atoms with van der Waals surface area (Å²) in [6, 6.07) is -0.510. The molecular weight excluding hydrogens is 256 g/mol. The molecule has 0 aliphatic rings. The lowest BCUT2D eigenvalue weighted by molar-refractivity contribution is -0.119. The predicted molar refractivity (Wildman–Crippen MR) is 67.1 cm³/mol. The molecule has 3 N–H and O–H groups in total. The molecule has 1 aromatic rings. The van der Waals surface area contributed by atoms with E-state index < -0.39 is 6.03 Å². The van der Waals surface area contributed by atoms with E-state index in [-0.39, 0.29) is 18.9 Å². The molecule has 100 valence electrons. The number of aliphatic hydroxyl groups is 1. The fraction of sp³-hybridized carbons (Fsp3) is 0.500. The highest BCUT2D eigenvalue weighted by Crippen LogP contribution is 2.17. The van der Waals surface area contributed by atoms with Gasteiger partial charge in [-0.05, 0) is 0 Å². The zero-order valence-electron chi connectivity index (χ0n) is 10.3. The zero-order valence-corrected chi connectivity index (χ0v) is 11.1. The van der Waals surface area contributed by atoms with E-state index in [0.717, 1.165) is 5.16 Å². The average Bonchev–Trinajstić information content (AvgIpc) is 2.70. The first-order valence-corrected chi connectivity index (χ1v) is 6.32. The van der Waals surface area contributed by atoms with Crippen LogP contribution in [0.1, 0.15) is 12.1 Å². The van der Waals surface area contributed by atoms with Crippen LogP contribution in [0.3, 0.4) is 0 Å². The van der Waals surface area contributed by atoms with Gasteiger partial charge in [0.25, 0.3) is 0 Å². The number of urea groups is 1. The quantitative estimate of drug-likeness (QED) is 0.648. The Morgan fingerprint density at radius 2 is 2.28 bits per heavy atom. The molecule has 0 aliphatic carbocycles. The number of hydrogen-bond acceptors (Lipinski definition) is 5. The summed E-state index contributed by atoms with van der Waals surface area (Å²) in [7, 11) is 3.24. The molecule has 0 fully saturated rings. The smallest absolute Gasteiger partial charge is 0.321 e. The normalized spacial score (nSPS) is 10.2. The van der Waals surface area contributed by atoms with E-state index >= 15 is 0 Å². The molecule has 0 bridgehead atoms. The summed E-state index contributed by atoms with van der Waals surface area (Å²) < 4.78 is 1.77. The lowest BCUT2D eigenvalue weighted by atomic mass is 10.4. The van der Waals surface area contributed by atoms with Crippen LogP contribution in [0.2, 0.25) is 0 Å². The summed E-state index contributed by atoms with van der Waals surface area (Å²) >= 11 is 1.39. The van der Waals surface area contributed by atoms with Crippen molar-refractivity contribution in [1.82, 2.24) is 20.2 Å². The molecule has 8 heteroatoms. The Bertz CT molecular complexity index is 433. The number of aromatic nitrogens is 2. The highest BCUT2D eigenvalue weighted by molar-refractivity contribution is 7.99. The highest BCUT2D eigenvalue weighted by Gasteiger charge is 2.09. The van der Waals surface area contributed by atoms with Crippen molar-refractivity contribution in [1.29, 1.82) is 0 Å². The second-order valence-electron chi connectivity index (χ2n) is 3.48. The van der Waals surface area contributed by atoms with Crippen molar-refractivity contribution in [3.8, 4) is 0 Å². The minimum atomic E-state index is -0.510. The number of aliphatic hydroxyl groups excluding tert-OH is 1. The highest BCUT2D eigenvalue weighted by atomic mass is 32.2. The first-order chi connectivity index (χ1) is 8.58. The number of nitrogens with one attached hydrogen (secondary N) is 2. The molecule has 0 saturated heterocycles. The summed E-state index contributed by atoms with van der Waals surface area (Å²) in [5.74, 6) is 0.178. The van der Waals surface area contributed by atoms with Crippen LogP contribution in [0, 0.1) is 0 Å². The molecule has 0 aliphatic heterocycles. The number of amides is 3. The summed E-state index contributed by atoms with van der Waals surface area (Å²) in [4.78, 5) is 26.3. The van der Waals surface area contributed by atoms with Crippen LogP contribution in [-0.2, 0) is 18.4 Å². The minimum Gasteiger partial charge on any atom is -0.390 e. The lowest BCUT2D eigenvalue weighted by Crippen LogP contribution is -2.37. The summed E-state index contributed by atoms with van der Waals surface area (Å²) in [5, 5.41) is 14.2. The third-order valence-corrected chi connectivity index (χ3v) is 3.29. The fourth-order valence-electron chi connectivity index (χ4n) is 1.19. The van der Waals surface area contributed by atoms with Crippen LogP contribution in [0.4, 0.5) is 4.79 Å². The van der Waals surface area contributed by atoms with E-state index in [1.54, 1.807) is 17.8 Å². The van der Waals surface area contributed by atoms with Gasteiger partial charge in [0.1, 0.15) is 0 Å². The maximum atomic E-state index is 11.3. The Balaban J connectivity index is 2.35. The monoisotopic (exact) mass is 272 g/mol. The van der Waals surface area contributed by atoms with Crippen LogP contribution in [0.25, 0.3) is 0 Å². The van der Waals surface area contributed by atoms with Crippen molar-refractivity contribution in [3.63, 3.8) is 0 Å². The van der Waals surface area contributed by atoms with Gasteiger partial charge in [0.05, 0.1) is 18.5 Å². The zero-order chi connectivity index (χ0) is 13.5. The van der Waals surface area contributed by atoms with Gasteiger partial charge in [0.15, 0.2) is 5.16 Å².